The maximum atomic E-state index is 12.3. The first-order valence-corrected chi connectivity index (χ1v) is 9.44. The summed E-state index contributed by atoms with van der Waals surface area (Å²) in [6.07, 6.45) is 6.45. The molecule has 0 saturated heterocycles. The minimum atomic E-state index is -3.37. The lowest BCUT2D eigenvalue weighted by atomic mass is 10.2. The van der Waals surface area contributed by atoms with Crippen molar-refractivity contribution in [3.63, 3.8) is 0 Å². The zero-order valence-corrected chi connectivity index (χ0v) is 13.9. The summed E-state index contributed by atoms with van der Waals surface area (Å²) in [7, 11) is -3.37. The van der Waals surface area contributed by atoms with Gasteiger partial charge in [-0.3, -0.25) is 0 Å². The molecule has 1 fully saturated rings. The van der Waals surface area contributed by atoms with Crippen molar-refractivity contribution in [1.29, 1.82) is 0 Å². The fourth-order valence-electron chi connectivity index (χ4n) is 2.46. The molecule has 0 aromatic carbocycles. The van der Waals surface area contributed by atoms with Gasteiger partial charge >= 0.3 is 0 Å². The highest BCUT2D eigenvalue weighted by atomic mass is 32.2. The van der Waals surface area contributed by atoms with Crippen molar-refractivity contribution in [2.75, 3.05) is 13.1 Å². The average Bonchev–Trinajstić information content (AvgIpc) is 3.19. The monoisotopic (exact) mass is 313 g/mol. The Hall–Kier alpha value is -0.850. The second kappa shape index (κ2) is 7.42. The molecule has 1 aromatic heterocycles. The third-order valence-corrected chi connectivity index (χ3v) is 5.37. The fraction of sp³-hybridized carbons (Fsp3) is 0.733. The van der Waals surface area contributed by atoms with Gasteiger partial charge in [0.05, 0.1) is 4.90 Å². The quantitative estimate of drug-likeness (QED) is 0.650. The van der Waals surface area contributed by atoms with E-state index < -0.39 is 10.0 Å². The molecule has 1 heterocycles. The summed E-state index contributed by atoms with van der Waals surface area (Å²) in [6.45, 7) is 6.95. The van der Waals surface area contributed by atoms with Crippen molar-refractivity contribution >= 4 is 10.0 Å². The van der Waals surface area contributed by atoms with Crippen LogP contribution in [0.4, 0.5) is 0 Å². The first kappa shape index (κ1) is 16.5. The summed E-state index contributed by atoms with van der Waals surface area (Å²) in [4.78, 5) is 0.378. The molecule has 1 aliphatic carbocycles. The van der Waals surface area contributed by atoms with Gasteiger partial charge in [0, 0.05) is 31.5 Å². The number of aromatic nitrogens is 1. The van der Waals surface area contributed by atoms with Crippen LogP contribution < -0.4 is 10.0 Å². The SMILES string of the molecule is CCNCc1cc(S(=O)(=O)NCCCC2CC2)cn1CC. The van der Waals surface area contributed by atoms with Gasteiger partial charge in [-0.2, -0.15) is 0 Å². The Labute approximate surface area is 128 Å². The lowest BCUT2D eigenvalue weighted by Crippen LogP contribution is -2.24. The van der Waals surface area contributed by atoms with Crippen LogP contribution in [0.3, 0.4) is 0 Å². The van der Waals surface area contributed by atoms with E-state index in [9.17, 15) is 8.42 Å². The minimum Gasteiger partial charge on any atom is -0.349 e. The van der Waals surface area contributed by atoms with Crippen LogP contribution in [-0.2, 0) is 23.1 Å². The third-order valence-electron chi connectivity index (χ3n) is 3.95. The standard InChI is InChI=1S/C15H27N3O2S/c1-3-16-11-14-10-15(12-18(14)4-2)21(19,20)17-9-5-6-13-7-8-13/h10,12-13,16-17H,3-9,11H2,1-2H3. The van der Waals surface area contributed by atoms with Gasteiger partial charge in [0.25, 0.3) is 0 Å². The van der Waals surface area contributed by atoms with Gasteiger partial charge in [-0.25, -0.2) is 13.1 Å². The number of aryl methyl sites for hydroxylation is 1. The van der Waals surface area contributed by atoms with Crippen molar-refractivity contribution in [2.24, 2.45) is 5.92 Å². The first-order chi connectivity index (χ1) is 10.1. The smallest absolute Gasteiger partial charge is 0.242 e. The molecule has 1 aromatic rings. The zero-order chi connectivity index (χ0) is 15.3. The van der Waals surface area contributed by atoms with E-state index in [1.54, 1.807) is 12.3 Å². The fourth-order valence-corrected chi connectivity index (χ4v) is 3.59. The van der Waals surface area contributed by atoms with Crippen molar-refractivity contribution in [3.05, 3.63) is 18.0 Å². The van der Waals surface area contributed by atoms with Crippen LogP contribution in [0.5, 0.6) is 0 Å². The molecule has 2 rings (SSSR count). The van der Waals surface area contributed by atoms with Crippen molar-refractivity contribution in [3.8, 4) is 0 Å². The van der Waals surface area contributed by atoms with E-state index in [1.165, 1.54) is 12.8 Å². The normalized spacial score (nSPS) is 15.5. The highest BCUT2D eigenvalue weighted by Crippen LogP contribution is 2.33. The molecule has 0 unspecified atom stereocenters. The largest absolute Gasteiger partial charge is 0.349 e. The predicted molar refractivity (Wildman–Crippen MR) is 84.6 cm³/mol. The summed E-state index contributed by atoms with van der Waals surface area (Å²) in [5.41, 5.74) is 1.01. The number of hydrogen-bond acceptors (Lipinski definition) is 3. The van der Waals surface area contributed by atoms with Crippen LogP contribution in [0, 0.1) is 5.92 Å². The molecule has 1 saturated carbocycles. The molecule has 1 aliphatic rings. The van der Waals surface area contributed by atoms with E-state index in [1.807, 2.05) is 18.4 Å². The number of nitrogens with zero attached hydrogens (tertiary/aromatic N) is 1. The van der Waals surface area contributed by atoms with Gasteiger partial charge in [0.2, 0.25) is 10.0 Å². The number of nitrogens with one attached hydrogen (secondary N) is 2. The molecule has 6 heteroatoms. The topological polar surface area (TPSA) is 63.1 Å². The minimum absolute atomic E-state index is 0.378. The van der Waals surface area contributed by atoms with E-state index in [2.05, 4.69) is 10.0 Å². The molecule has 0 spiro atoms. The molecule has 0 radical (unpaired) electrons. The summed E-state index contributed by atoms with van der Waals surface area (Å²) < 4.78 is 29.3. The van der Waals surface area contributed by atoms with Crippen LogP contribution in [-0.4, -0.2) is 26.1 Å². The molecule has 21 heavy (non-hydrogen) atoms. The Balaban J connectivity index is 1.95. The maximum absolute atomic E-state index is 12.3. The summed E-state index contributed by atoms with van der Waals surface area (Å²) >= 11 is 0. The number of hydrogen-bond donors (Lipinski definition) is 2. The van der Waals surface area contributed by atoms with Crippen molar-refractivity contribution in [1.82, 2.24) is 14.6 Å². The van der Waals surface area contributed by atoms with E-state index >= 15 is 0 Å². The van der Waals surface area contributed by atoms with E-state index in [0.29, 0.717) is 18.0 Å². The average molecular weight is 313 g/mol. The summed E-state index contributed by atoms with van der Waals surface area (Å²) in [5, 5.41) is 3.24. The van der Waals surface area contributed by atoms with Crippen LogP contribution >= 0.6 is 0 Å². The Morgan fingerprint density at radius 1 is 1.33 bits per heavy atom. The van der Waals surface area contributed by atoms with Gasteiger partial charge in [-0.15, -0.1) is 0 Å². The Bertz CT molecular complexity index is 547. The number of rotatable bonds is 10. The van der Waals surface area contributed by atoms with E-state index in [0.717, 1.165) is 37.5 Å². The van der Waals surface area contributed by atoms with Crippen LogP contribution in [0.25, 0.3) is 0 Å². The van der Waals surface area contributed by atoms with Gasteiger partial charge in [0.1, 0.15) is 0 Å². The van der Waals surface area contributed by atoms with E-state index in [4.69, 9.17) is 0 Å². The van der Waals surface area contributed by atoms with Crippen LogP contribution in [0.2, 0.25) is 0 Å². The summed E-state index contributed by atoms with van der Waals surface area (Å²) in [6, 6.07) is 1.77. The molecule has 0 atom stereocenters. The lowest BCUT2D eigenvalue weighted by Gasteiger charge is -2.05. The highest BCUT2D eigenvalue weighted by Gasteiger charge is 2.21. The second-order valence-electron chi connectivity index (χ2n) is 5.72. The molecule has 2 N–H and O–H groups in total. The molecule has 0 amide bonds. The summed E-state index contributed by atoms with van der Waals surface area (Å²) in [5.74, 6) is 0.849. The third kappa shape index (κ3) is 4.83. The molecule has 120 valence electrons. The van der Waals surface area contributed by atoms with E-state index in [-0.39, 0.29) is 0 Å². The van der Waals surface area contributed by atoms with Gasteiger partial charge in [-0.05, 0) is 38.3 Å². The Morgan fingerprint density at radius 3 is 2.71 bits per heavy atom. The van der Waals surface area contributed by atoms with Crippen molar-refractivity contribution in [2.45, 2.75) is 57.5 Å². The lowest BCUT2D eigenvalue weighted by molar-refractivity contribution is 0.572. The van der Waals surface area contributed by atoms with Gasteiger partial charge < -0.3 is 9.88 Å². The van der Waals surface area contributed by atoms with Gasteiger partial charge in [-0.1, -0.05) is 19.8 Å². The van der Waals surface area contributed by atoms with Crippen molar-refractivity contribution < 1.29 is 8.42 Å². The Kier molecular flexibility index (Phi) is 5.84. The predicted octanol–water partition coefficient (Wildman–Crippen LogP) is 2.09. The molecular formula is C15H27N3O2S. The second-order valence-corrected chi connectivity index (χ2v) is 7.48. The molecular weight excluding hydrogens is 286 g/mol. The number of sulfonamides is 1. The zero-order valence-electron chi connectivity index (χ0n) is 13.1. The first-order valence-electron chi connectivity index (χ1n) is 7.96. The molecule has 0 bridgehead atoms. The van der Waals surface area contributed by atoms with Gasteiger partial charge in [0.15, 0.2) is 0 Å². The maximum Gasteiger partial charge on any atom is 0.242 e. The van der Waals surface area contributed by atoms with Crippen LogP contribution in [0.1, 0.15) is 45.2 Å². The Morgan fingerprint density at radius 2 is 2.10 bits per heavy atom. The highest BCUT2D eigenvalue weighted by molar-refractivity contribution is 7.89. The van der Waals surface area contributed by atoms with Crippen LogP contribution in [0.15, 0.2) is 17.2 Å². The molecule has 5 nitrogen and oxygen atoms in total. The molecule has 0 aliphatic heterocycles.